The molecule has 6 nitrogen and oxygen atoms in total. The van der Waals surface area contributed by atoms with Crippen LogP contribution in [0.5, 0.6) is 0 Å². The number of hydrogen-bond donors (Lipinski definition) is 2. The summed E-state index contributed by atoms with van der Waals surface area (Å²) in [7, 11) is 0. The molecule has 0 aliphatic heterocycles. The summed E-state index contributed by atoms with van der Waals surface area (Å²) in [5.41, 5.74) is -0.550. The number of nitrogens with one attached hydrogen (secondary N) is 1. The maximum absolute atomic E-state index is 12.6. The molecule has 120 valence electrons. The fourth-order valence-corrected chi connectivity index (χ4v) is 3.73. The average molecular weight is 388 g/mol. The number of thiazole rings is 1. The van der Waals surface area contributed by atoms with Gasteiger partial charge in [-0.05, 0) is 35.2 Å². The summed E-state index contributed by atoms with van der Waals surface area (Å²) in [4.78, 5) is 29.0. The number of carbonyl (C=O) groups is 1. The molecular weight excluding hydrogens is 370 g/mol. The summed E-state index contributed by atoms with van der Waals surface area (Å²) in [6.45, 7) is 9.28. The second-order valence-electron chi connectivity index (χ2n) is 6.38. The van der Waals surface area contributed by atoms with Crippen LogP contribution in [0.2, 0.25) is 0 Å². The number of rotatable bonds is 2. The highest BCUT2D eigenvalue weighted by Gasteiger charge is 2.44. The third kappa shape index (κ3) is 2.54. The second-order valence-corrected chi connectivity index (χ2v) is 8.01. The van der Waals surface area contributed by atoms with Crippen molar-refractivity contribution in [1.29, 1.82) is 0 Å². The number of fused-ring (bicyclic) bond motifs is 1. The Morgan fingerprint density at radius 2 is 2.00 bits per heavy atom. The average Bonchev–Trinajstić information content (AvgIpc) is 2.73. The summed E-state index contributed by atoms with van der Waals surface area (Å²) < 4.78 is 1.79. The van der Waals surface area contributed by atoms with Crippen molar-refractivity contribution in [3.05, 3.63) is 31.6 Å². The Bertz CT molecular complexity index is 806. The molecule has 2 rings (SSSR count). The van der Waals surface area contributed by atoms with Crippen LogP contribution in [-0.4, -0.2) is 20.6 Å². The third-order valence-corrected chi connectivity index (χ3v) is 5.67. The Hall–Kier alpha value is -1.41. The third-order valence-electron chi connectivity index (χ3n) is 4.02. The van der Waals surface area contributed by atoms with Crippen molar-refractivity contribution >= 4 is 38.3 Å². The topological polar surface area (TPSA) is 83.7 Å². The van der Waals surface area contributed by atoms with Gasteiger partial charge in [-0.15, -0.1) is 11.3 Å². The standard InChI is InChI=1S/C14H18BrN3O3S/c1-7-6-22-11-16-9(8(15)10(19)18(7)11)14(5,13(2,3)4)17-12(20)21/h6,17H,1-5H3,(H,20,21). The first-order valence-corrected chi connectivity index (χ1v) is 8.34. The molecule has 0 saturated carbocycles. The summed E-state index contributed by atoms with van der Waals surface area (Å²) in [6, 6.07) is 0. The molecule has 0 aromatic carbocycles. The molecule has 0 fully saturated rings. The van der Waals surface area contributed by atoms with E-state index >= 15 is 0 Å². The molecule has 0 spiro atoms. The van der Waals surface area contributed by atoms with Crippen molar-refractivity contribution in [3.63, 3.8) is 0 Å². The summed E-state index contributed by atoms with van der Waals surface area (Å²) >= 11 is 4.67. The SMILES string of the molecule is Cc1csc2nc(C(C)(NC(=O)O)C(C)(C)C)c(Br)c(=O)n12. The highest BCUT2D eigenvalue weighted by molar-refractivity contribution is 9.10. The van der Waals surface area contributed by atoms with E-state index in [1.54, 1.807) is 6.92 Å². The predicted octanol–water partition coefficient (Wildman–Crippen LogP) is 3.36. The van der Waals surface area contributed by atoms with Crippen molar-refractivity contribution in [3.8, 4) is 0 Å². The molecule has 2 heterocycles. The fraction of sp³-hybridized carbons (Fsp3) is 0.500. The van der Waals surface area contributed by atoms with E-state index in [1.807, 2.05) is 33.1 Å². The summed E-state index contributed by atoms with van der Waals surface area (Å²) in [5.74, 6) is 0. The first kappa shape index (κ1) is 17.0. The van der Waals surface area contributed by atoms with E-state index in [1.165, 1.54) is 15.7 Å². The smallest absolute Gasteiger partial charge is 0.405 e. The lowest BCUT2D eigenvalue weighted by Gasteiger charge is -2.41. The first-order chi connectivity index (χ1) is 9.99. The molecule has 0 radical (unpaired) electrons. The molecule has 2 N–H and O–H groups in total. The van der Waals surface area contributed by atoms with Crippen molar-refractivity contribution in [2.45, 2.75) is 40.2 Å². The van der Waals surface area contributed by atoms with Gasteiger partial charge in [-0.3, -0.25) is 9.20 Å². The minimum atomic E-state index is -1.16. The molecule has 22 heavy (non-hydrogen) atoms. The van der Waals surface area contributed by atoms with Gasteiger partial charge in [0.1, 0.15) is 4.47 Å². The van der Waals surface area contributed by atoms with Gasteiger partial charge in [-0.25, -0.2) is 9.78 Å². The summed E-state index contributed by atoms with van der Waals surface area (Å²) in [6.07, 6.45) is -1.16. The van der Waals surface area contributed by atoms with E-state index in [0.717, 1.165) is 5.69 Å². The lowest BCUT2D eigenvalue weighted by molar-refractivity contribution is 0.127. The van der Waals surface area contributed by atoms with Crippen LogP contribution in [0.15, 0.2) is 14.6 Å². The highest BCUT2D eigenvalue weighted by atomic mass is 79.9. The van der Waals surface area contributed by atoms with Gasteiger partial charge in [0.2, 0.25) is 0 Å². The second kappa shape index (κ2) is 5.34. The Morgan fingerprint density at radius 1 is 1.41 bits per heavy atom. The van der Waals surface area contributed by atoms with Gasteiger partial charge in [0.15, 0.2) is 4.96 Å². The number of hydrogen-bond acceptors (Lipinski definition) is 4. The van der Waals surface area contributed by atoms with Crippen molar-refractivity contribution in [2.24, 2.45) is 5.41 Å². The van der Waals surface area contributed by atoms with E-state index in [4.69, 9.17) is 0 Å². The maximum atomic E-state index is 12.6. The minimum absolute atomic E-state index is 0.235. The number of carboxylic acid groups (broad SMARTS) is 1. The maximum Gasteiger partial charge on any atom is 0.405 e. The number of halogens is 1. The van der Waals surface area contributed by atoms with Gasteiger partial charge in [-0.2, -0.15) is 0 Å². The van der Waals surface area contributed by atoms with E-state index in [-0.39, 0.29) is 10.0 Å². The van der Waals surface area contributed by atoms with Crippen LogP contribution in [0.25, 0.3) is 4.96 Å². The zero-order valence-corrected chi connectivity index (χ0v) is 15.4. The molecule has 2 aromatic heterocycles. The predicted molar refractivity (Wildman–Crippen MR) is 89.7 cm³/mol. The zero-order valence-electron chi connectivity index (χ0n) is 13.0. The molecule has 0 bridgehead atoms. The number of nitrogens with zero attached hydrogens (tertiary/aromatic N) is 2. The van der Waals surface area contributed by atoms with Gasteiger partial charge < -0.3 is 10.4 Å². The monoisotopic (exact) mass is 387 g/mol. The lowest BCUT2D eigenvalue weighted by Crippen LogP contribution is -2.53. The molecule has 0 aliphatic rings. The first-order valence-electron chi connectivity index (χ1n) is 6.67. The van der Waals surface area contributed by atoms with Gasteiger partial charge in [0.05, 0.1) is 11.2 Å². The largest absolute Gasteiger partial charge is 0.465 e. The molecule has 2 aromatic rings. The van der Waals surface area contributed by atoms with Crippen LogP contribution in [0, 0.1) is 12.3 Å². The van der Waals surface area contributed by atoms with E-state index in [9.17, 15) is 14.7 Å². The van der Waals surface area contributed by atoms with Crippen LogP contribution >= 0.6 is 27.3 Å². The molecule has 0 aliphatic carbocycles. The van der Waals surface area contributed by atoms with E-state index in [2.05, 4.69) is 26.2 Å². The van der Waals surface area contributed by atoms with Gasteiger partial charge in [-0.1, -0.05) is 20.8 Å². The van der Waals surface area contributed by atoms with Crippen LogP contribution in [0.3, 0.4) is 0 Å². The van der Waals surface area contributed by atoms with Gasteiger partial charge >= 0.3 is 6.09 Å². The molecule has 1 atom stereocenters. The highest BCUT2D eigenvalue weighted by Crippen LogP contribution is 2.40. The lowest BCUT2D eigenvalue weighted by atomic mass is 9.72. The molecule has 0 saturated heterocycles. The van der Waals surface area contributed by atoms with E-state index < -0.39 is 17.0 Å². The van der Waals surface area contributed by atoms with Crippen LogP contribution < -0.4 is 10.9 Å². The Balaban J connectivity index is 2.83. The zero-order chi connectivity index (χ0) is 16.9. The Labute approximate surface area is 140 Å². The van der Waals surface area contributed by atoms with Crippen LogP contribution in [0.1, 0.15) is 39.1 Å². The number of aromatic nitrogens is 2. The van der Waals surface area contributed by atoms with Gasteiger partial charge in [0.25, 0.3) is 5.56 Å². The Morgan fingerprint density at radius 3 is 2.50 bits per heavy atom. The van der Waals surface area contributed by atoms with Crippen molar-refractivity contribution < 1.29 is 9.90 Å². The number of amides is 1. The Kier molecular flexibility index (Phi) is 4.12. The molecule has 1 unspecified atom stereocenters. The number of aryl methyl sites for hydroxylation is 1. The summed E-state index contributed by atoms with van der Waals surface area (Å²) in [5, 5.41) is 13.6. The van der Waals surface area contributed by atoms with Crippen LogP contribution in [-0.2, 0) is 5.54 Å². The van der Waals surface area contributed by atoms with E-state index in [0.29, 0.717) is 10.7 Å². The minimum Gasteiger partial charge on any atom is -0.465 e. The van der Waals surface area contributed by atoms with Crippen molar-refractivity contribution in [2.75, 3.05) is 0 Å². The normalized spacial score (nSPS) is 14.8. The van der Waals surface area contributed by atoms with Gasteiger partial charge in [0, 0.05) is 11.1 Å². The fourth-order valence-electron chi connectivity index (χ4n) is 2.21. The molecule has 1 amide bonds. The van der Waals surface area contributed by atoms with Crippen LogP contribution in [0.4, 0.5) is 4.79 Å². The molecular formula is C14H18BrN3O3S. The molecule has 8 heteroatoms. The quantitative estimate of drug-likeness (QED) is 0.827. The van der Waals surface area contributed by atoms with Crippen molar-refractivity contribution in [1.82, 2.24) is 14.7 Å².